The van der Waals surface area contributed by atoms with Crippen LogP contribution >= 0.6 is 7.60 Å². The van der Waals surface area contributed by atoms with Crippen molar-refractivity contribution in [3.8, 4) is 0 Å². The highest BCUT2D eigenvalue weighted by atomic mass is 31.2. The van der Waals surface area contributed by atoms with E-state index >= 15 is 0 Å². The van der Waals surface area contributed by atoms with Crippen molar-refractivity contribution in [1.82, 2.24) is 0 Å². The maximum atomic E-state index is 10.5. The minimum absolute atomic E-state index is 0.223. The van der Waals surface area contributed by atoms with Gasteiger partial charge in [-0.15, -0.1) is 0 Å². The highest BCUT2D eigenvalue weighted by molar-refractivity contribution is 7.52. The third-order valence-corrected chi connectivity index (χ3v) is 2.85. The van der Waals surface area contributed by atoms with E-state index in [-0.39, 0.29) is 6.42 Å². The molecule has 0 aliphatic heterocycles. The maximum absolute atomic E-state index is 10.5. The van der Waals surface area contributed by atoms with Crippen molar-refractivity contribution in [2.24, 2.45) is 5.73 Å². The number of carboxylic acid groups (broad SMARTS) is 1. The fourth-order valence-corrected chi connectivity index (χ4v) is 1.11. The summed E-state index contributed by atoms with van der Waals surface area (Å²) < 4.78 is 10.5. The topological polar surface area (TPSA) is 121 Å². The Morgan fingerprint density at radius 3 is 2.25 bits per heavy atom. The molecule has 2 atom stereocenters. The van der Waals surface area contributed by atoms with Crippen molar-refractivity contribution >= 4 is 13.6 Å². The van der Waals surface area contributed by atoms with E-state index in [0.717, 1.165) is 0 Å². The summed E-state index contributed by atoms with van der Waals surface area (Å²) >= 11 is 0. The van der Waals surface area contributed by atoms with E-state index in [1.807, 2.05) is 0 Å². The van der Waals surface area contributed by atoms with E-state index in [4.69, 9.17) is 20.6 Å². The zero-order chi connectivity index (χ0) is 9.94. The molecule has 0 rings (SSSR count). The molecule has 0 spiro atoms. The molecule has 0 saturated heterocycles. The fraction of sp³-hybridized carbons (Fsp3) is 0.800. The Morgan fingerprint density at radius 2 is 2.00 bits per heavy atom. The van der Waals surface area contributed by atoms with Crippen LogP contribution in [0.25, 0.3) is 0 Å². The van der Waals surface area contributed by atoms with Crippen molar-refractivity contribution in [2.75, 3.05) is 0 Å². The number of rotatable bonds is 4. The molecule has 7 heteroatoms. The molecule has 0 amide bonds. The molecule has 1 unspecified atom stereocenters. The Bertz CT molecular complexity index is 212. The molecule has 6 nitrogen and oxygen atoms in total. The number of carbonyl (C=O) groups is 1. The van der Waals surface area contributed by atoms with Gasteiger partial charge in [0, 0.05) is 0 Å². The van der Waals surface area contributed by atoms with Crippen molar-refractivity contribution < 1.29 is 24.3 Å². The van der Waals surface area contributed by atoms with Crippen LogP contribution in [-0.2, 0) is 9.36 Å². The number of aliphatic carboxylic acids is 1. The summed E-state index contributed by atoms with van der Waals surface area (Å²) in [4.78, 5) is 27.3. The molecule has 0 fully saturated rings. The van der Waals surface area contributed by atoms with Crippen LogP contribution in [0.5, 0.6) is 0 Å². The lowest BCUT2D eigenvalue weighted by atomic mass is 10.2. The molecular weight excluding hydrogens is 185 g/mol. The largest absolute Gasteiger partial charge is 0.480 e. The highest BCUT2D eigenvalue weighted by Gasteiger charge is 2.27. The molecule has 5 N–H and O–H groups in total. The first-order chi connectivity index (χ1) is 5.25. The van der Waals surface area contributed by atoms with E-state index in [2.05, 4.69) is 0 Å². The minimum atomic E-state index is -4.19. The second-order valence-corrected chi connectivity index (χ2v) is 4.68. The first-order valence-electron chi connectivity index (χ1n) is 3.28. The van der Waals surface area contributed by atoms with Crippen molar-refractivity contribution in [3.63, 3.8) is 0 Å². The smallest absolute Gasteiger partial charge is 0.328 e. The van der Waals surface area contributed by atoms with Crippen LogP contribution in [0.3, 0.4) is 0 Å². The molecule has 0 aliphatic carbocycles. The summed E-state index contributed by atoms with van der Waals surface area (Å²) in [5.74, 6) is -1.25. The Labute approximate surface area is 69.5 Å². The first-order valence-corrected chi connectivity index (χ1v) is 4.97. The summed E-state index contributed by atoms with van der Waals surface area (Å²) in [6.45, 7) is 1.27. The normalized spacial score (nSPS) is 17.0. The summed E-state index contributed by atoms with van der Waals surface area (Å²) in [5, 5.41) is 8.32. The number of hydrogen-bond acceptors (Lipinski definition) is 3. The molecule has 0 aromatic rings. The Hall–Kier alpha value is -0.420. The van der Waals surface area contributed by atoms with E-state index in [1.54, 1.807) is 0 Å². The van der Waals surface area contributed by atoms with Gasteiger partial charge in [0.1, 0.15) is 6.04 Å². The molecule has 12 heavy (non-hydrogen) atoms. The summed E-state index contributed by atoms with van der Waals surface area (Å²) in [5.41, 5.74) is 4.06. The summed E-state index contributed by atoms with van der Waals surface area (Å²) in [6, 6.07) is -1.22. The van der Waals surface area contributed by atoms with Crippen LogP contribution in [0.2, 0.25) is 0 Å². The molecule has 0 aliphatic rings. The van der Waals surface area contributed by atoms with Gasteiger partial charge >= 0.3 is 13.6 Å². The summed E-state index contributed by atoms with van der Waals surface area (Å²) in [7, 11) is -4.19. The average molecular weight is 197 g/mol. The molecule has 72 valence electrons. The average Bonchev–Trinajstić information content (AvgIpc) is 1.85. The minimum Gasteiger partial charge on any atom is -0.480 e. The third-order valence-electron chi connectivity index (χ3n) is 1.49. The van der Waals surface area contributed by atoms with Gasteiger partial charge in [0.2, 0.25) is 0 Å². The lowest BCUT2D eigenvalue weighted by Crippen LogP contribution is -2.33. The predicted molar refractivity (Wildman–Crippen MR) is 41.7 cm³/mol. The number of carboxylic acids is 1. The Morgan fingerprint density at radius 1 is 1.58 bits per heavy atom. The van der Waals surface area contributed by atoms with Gasteiger partial charge in [-0.05, 0) is 6.42 Å². The Balaban J connectivity index is 4.11. The van der Waals surface area contributed by atoms with Gasteiger partial charge in [0.15, 0.2) is 0 Å². The van der Waals surface area contributed by atoms with Gasteiger partial charge in [-0.1, -0.05) is 6.92 Å². The van der Waals surface area contributed by atoms with Gasteiger partial charge in [0.25, 0.3) is 0 Å². The van der Waals surface area contributed by atoms with Crippen LogP contribution in [0.4, 0.5) is 0 Å². The number of hydrogen-bond donors (Lipinski definition) is 4. The zero-order valence-corrected chi connectivity index (χ0v) is 7.44. The molecule has 0 aromatic heterocycles. The monoisotopic (exact) mass is 197 g/mol. The van der Waals surface area contributed by atoms with Crippen LogP contribution in [0, 0.1) is 0 Å². The Kier molecular flexibility index (Phi) is 3.86. The third kappa shape index (κ3) is 3.82. The van der Waals surface area contributed by atoms with E-state index in [0.29, 0.717) is 0 Å². The second kappa shape index (κ2) is 4.00. The van der Waals surface area contributed by atoms with E-state index in [1.165, 1.54) is 6.92 Å². The highest BCUT2D eigenvalue weighted by Crippen LogP contribution is 2.42. The van der Waals surface area contributed by atoms with Crippen molar-refractivity contribution in [2.45, 2.75) is 25.0 Å². The van der Waals surface area contributed by atoms with Gasteiger partial charge < -0.3 is 20.6 Å². The van der Waals surface area contributed by atoms with Crippen molar-refractivity contribution in [1.29, 1.82) is 0 Å². The van der Waals surface area contributed by atoms with Gasteiger partial charge in [-0.3, -0.25) is 9.36 Å². The summed E-state index contributed by atoms with van der Waals surface area (Å²) in [6.07, 6.45) is -0.223. The SMILES string of the molecule is CC(C[C@@H](N)C(=O)O)P(=O)(O)O. The predicted octanol–water partition coefficient (Wildman–Crippen LogP) is -0.645. The maximum Gasteiger partial charge on any atom is 0.328 e. The molecule has 0 heterocycles. The fourth-order valence-electron chi connectivity index (χ4n) is 0.606. The van der Waals surface area contributed by atoms with Crippen LogP contribution in [0.1, 0.15) is 13.3 Å². The van der Waals surface area contributed by atoms with Gasteiger partial charge in [-0.2, -0.15) is 0 Å². The second-order valence-electron chi connectivity index (χ2n) is 2.62. The molecule has 0 bridgehead atoms. The van der Waals surface area contributed by atoms with Crippen molar-refractivity contribution in [3.05, 3.63) is 0 Å². The quantitative estimate of drug-likeness (QED) is 0.444. The van der Waals surface area contributed by atoms with Crippen LogP contribution in [-0.4, -0.2) is 32.6 Å². The molecular formula is C5H12NO5P. The van der Waals surface area contributed by atoms with Crippen LogP contribution < -0.4 is 5.73 Å². The zero-order valence-electron chi connectivity index (χ0n) is 6.54. The van der Waals surface area contributed by atoms with Gasteiger partial charge in [0.05, 0.1) is 5.66 Å². The van der Waals surface area contributed by atoms with E-state index in [9.17, 15) is 9.36 Å². The van der Waals surface area contributed by atoms with Crippen LogP contribution in [0.15, 0.2) is 0 Å². The molecule has 0 aromatic carbocycles. The first kappa shape index (κ1) is 11.6. The number of nitrogens with two attached hydrogens (primary N) is 1. The van der Waals surface area contributed by atoms with E-state index < -0.39 is 25.3 Å². The van der Waals surface area contributed by atoms with Gasteiger partial charge in [-0.25, -0.2) is 0 Å². The lowest BCUT2D eigenvalue weighted by molar-refractivity contribution is -0.138. The molecule has 0 saturated carbocycles. The lowest BCUT2D eigenvalue weighted by Gasteiger charge is -2.14. The standard InChI is InChI=1S/C5H12NO5P/c1-3(12(9,10)11)2-4(6)5(7)8/h3-4H,2,6H2,1H3,(H,7,8)(H2,9,10,11)/t3?,4-/m1/s1. The molecule has 0 radical (unpaired) electrons.